The third kappa shape index (κ3) is 5.79. The monoisotopic (exact) mass is 500 g/mol. The van der Waals surface area contributed by atoms with E-state index in [9.17, 15) is 9.59 Å². The Morgan fingerprint density at radius 2 is 1.66 bits per heavy atom. The summed E-state index contributed by atoms with van der Waals surface area (Å²) in [4.78, 5) is 46.0. The lowest BCUT2D eigenvalue weighted by atomic mass is 10.0. The highest BCUT2D eigenvalue weighted by molar-refractivity contribution is 8.18. The van der Waals surface area contributed by atoms with E-state index in [1.807, 2.05) is 6.07 Å². The number of likely N-dealkylation sites (N-methyl/N-ethyl adjacent to an activating group) is 1. The van der Waals surface area contributed by atoms with Crippen LogP contribution in [0.3, 0.4) is 0 Å². The number of nitrogens with one attached hydrogen (secondary N) is 1. The van der Waals surface area contributed by atoms with Crippen LogP contribution < -0.4 is 15.1 Å². The molecule has 190 valence electrons. The van der Waals surface area contributed by atoms with Gasteiger partial charge in [-0.15, -0.1) is 0 Å². The minimum Gasteiger partial charge on any atom is -0.354 e. The Hall–Kier alpha value is -2.21. The molecule has 0 atom stereocenters. The number of rotatable bonds is 5. The second-order valence-electron chi connectivity index (χ2n) is 9.78. The highest BCUT2D eigenvalue weighted by atomic mass is 32.2. The summed E-state index contributed by atoms with van der Waals surface area (Å²) in [7, 11) is 2.14. The number of anilines is 2. The molecule has 0 aliphatic carbocycles. The van der Waals surface area contributed by atoms with Gasteiger partial charge in [0.05, 0.1) is 10.6 Å². The molecule has 0 bridgehead atoms. The summed E-state index contributed by atoms with van der Waals surface area (Å²) in [5.41, 5.74) is 0.672. The molecule has 4 fully saturated rings. The fourth-order valence-electron chi connectivity index (χ4n) is 5.30. The van der Waals surface area contributed by atoms with Crippen LogP contribution in [0.2, 0.25) is 0 Å². The average molecular weight is 501 g/mol. The Bertz CT molecular complexity index is 964. The van der Waals surface area contributed by atoms with Gasteiger partial charge >= 0.3 is 0 Å². The standard InChI is InChI=1S/C24H36N8O2S/c1-3-29-6-4-19(5-7-29)30-12-14-32(15-13-30)23-25-18(16-20-22(33)27-24(34)35-20)17-21(26-23)31-10-8-28(2)9-11-31/h16-17,19H,3-15H2,1-2H3,(H,27,33,34)/b20-16+. The van der Waals surface area contributed by atoms with E-state index in [0.29, 0.717) is 22.6 Å². The Morgan fingerprint density at radius 3 is 2.29 bits per heavy atom. The van der Waals surface area contributed by atoms with Crippen molar-refractivity contribution in [3.63, 3.8) is 0 Å². The molecular formula is C24H36N8O2S. The topological polar surface area (TPSA) is 88.1 Å². The van der Waals surface area contributed by atoms with Gasteiger partial charge in [-0.1, -0.05) is 6.92 Å². The molecule has 1 aromatic heterocycles. The van der Waals surface area contributed by atoms with Crippen LogP contribution in [0.4, 0.5) is 16.6 Å². The number of piperazine rings is 2. The number of piperidine rings is 1. The number of aromatic nitrogens is 2. The smallest absolute Gasteiger partial charge is 0.290 e. The van der Waals surface area contributed by atoms with Crippen LogP contribution in [0, 0.1) is 0 Å². The van der Waals surface area contributed by atoms with Gasteiger partial charge < -0.3 is 19.6 Å². The zero-order valence-corrected chi connectivity index (χ0v) is 21.6. The number of hydrogen-bond acceptors (Lipinski definition) is 10. The third-order valence-corrected chi connectivity index (χ3v) is 8.40. The van der Waals surface area contributed by atoms with Crippen LogP contribution in [0.5, 0.6) is 0 Å². The molecule has 0 radical (unpaired) electrons. The first-order valence-electron chi connectivity index (χ1n) is 12.8. The highest BCUT2D eigenvalue weighted by Crippen LogP contribution is 2.28. The first kappa shape index (κ1) is 24.5. The van der Waals surface area contributed by atoms with Gasteiger partial charge in [0.15, 0.2) is 0 Å². The van der Waals surface area contributed by atoms with Crippen LogP contribution in [0.1, 0.15) is 25.5 Å². The summed E-state index contributed by atoms with van der Waals surface area (Å²) < 4.78 is 0. The molecule has 5 rings (SSSR count). The quantitative estimate of drug-likeness (QED) is 0.594. The fraction of sp³-hybridized carbons (Fsp3) is 0.667. The summed E-state index contributed by atoms with van der Waals surface area (Å²) in [5.74, 6) is 1.24. The molecule has 0 saturated carbocycles. The van der Waals surface area contributed by atoms with Crippen molar-refractivity contribution in [1.29, 1.82) is 0 Å². The third-order valence-electron chi connectivity index (χ3n) is 7.59. The minimum absolute atomic E-state index is 0.337. The lowest BCUT2D eigenvalue weighted by molar-refractivity contribution is -0.115. The molecule has 10 nitrogen and oxygen atoms in total. The minimum atomic E-state index is -0.357. The van der Waals surface area contributed by atoms with E-state index in [2.05, 4.69) is 43.8 Å². The van der Waals surface area contributed by atoms with Crippen molar-refractivity contribution >= 4 is 40.8 Å². The number of carbonyl (C=O) groups excluding carboxylic acids is 2. The van der Waals surface area contributed by atoms with Crippen LogP contribution in [-0.4, -0.2) is 121 Å². The average Bonchev–Trinajstić information content (AvgIpc) is 3.20. The number of amides is 2. The van der Waals surface area contributed by atoms with E-state index in [1.54, 1.807) is 6.08 Å². The molecule has 1 N–H and O–H groups in total. The van der Waals surface area contributed by atoms with Gasteiger partial charge in [0.25, 0.3) is 11.1 Å². The Morgan fingerprint density at radius 1 is 0.971 bits per heavy atom. The van der Waals surface area contributed by atoms with Crippen molar-refractivity contribution in [2.24, 2.45) is 0 Å². The lowest BCUT2D eigenvalue weighted by Crippen LogP contribution is -2.53. The maximum Gasteiger partial charge on any atom is 0.290 e. The van der Waals surface area contributed by atoms with Crippen LogP contribution >= 0.6 is 11.8 Å². The zero-order chi connectivity index (χ0) is 24.4. The predicted octanol–water partition coefficient (Wildman–Crippen LogP) is 1.16. The van der Waals surface area contributed by atoms with E-state index < -0.39 is 0 Å². The summed E-state index contributed by atoms with van der Waals surface area (Å²) in [5, 5.41) is 1.99. The lowest BCUT2D eigenvalue weighted by Gasteiger charge is -2.42. The molecule has 2 amide bonds. The van der Waals surface area contributed by atoms with Gasteiger partial charge in [0.2, 0.25) is 5.95 Å². The second-order valence-corrected chi connectivity index (χ2v) is 10.8. The maximum atomic E-state index is 12.1. The van der Waals surface area contributed by atoms with Gasteiger partial charge in [-0.2, -0.15) is 4.98 Å². The van der Waals surface area contributed by atoms with Crippen LogP contribution in [-0.2, 0) is 4.79 Å². The Labute approximate surface area is 211 Å². The molecule has 11 heteroatoms. The van der Waals surface area contributed by atoms with Gasteiger partial charge in [-0.25, -0.2) is 4.98 Å². The van der Waals surface area contributed by atoms with Gasteiger partial charge in [0, 0.05) is 64.5 Å². The number of nitrogens with zero attached hydrogens (tertiary/aromatic N) is 7. The number of likely N-dealkylation sites (tertiary alicyclic amines) is 1. The first-order chi connectivity index (χ1) is 17.0. The van der Waals surface area contributed by atoms with E-state index >= 15 is 0 Å². The molecule has 0 unspecified atom stereocenters. The molecule has 35 heavy (non-hydrogen) atoms. The molecule has 0 aromatic carbocycles. The van der Waals surface area contributed by atoms with E-state index in [1.165, 1.54) is 25.9 Å². The van der Waals surface area contributed by atoms with Crippen molar-refractivity contribution < 1.29 is 9.59 Å². The molecular weight excluding hydrogens is 464 g/mol. The number of carbonyl (C=O) groups is 2. The van der Waals surface area contributed by atoms with Gasteiger partial charge in [-0.3, -0.25) is 19.8 Å². The molecule has 4 aliphatic heterocycles. The van der Waals surface area contributed by atoms with E-state index in [0.717, 1.165) is 76.5 Å². The van der Waals surface area contributed by atoms with Crippen LogP contribution in [0.25, 0.3) is 6.08 Å². The summed E-state index contributed by atoms with van der Waals surface area (Å²) in [6.45, 7) is 13.4. The maximum absolute atomic E-state index is 12.1. The van der Waals surface area contributed by atoms with E-state index in [4.69, 9.17) is 9.97 Å². The second kappa shape index (κ2) is 10.8. The normalized spacial score (nSPS) is 25.0. The number of thioether (sulfide) groups is 1. The zero-order valence-electron chi connectivity index (χ0n) is 20.8. The van der Waals surface area contributed by atoms with Crippen molar-refractivity contribution in [3.05, 3.63) is 16.7 Å². The molecule has 0 spiro atoms. The molecule has 4 aliphatic rings. The van der Waals surface area contributed by atoms with Gasteiger partial charge in [0.1, 0.15) is 5.82 Å². The van der Waals surface area contributed by atoms with Gasteiger partial charge in [-0.05, 0) is 57.4 Å². The van der Waals surface area contributed by atoms with Crippen molar-refractivity contribution in [1.82, 2.24) is 30.0 Å². The Balaban J connectivity index is 1.32. The van der Waals surface area contributed by atoms with E-state index in [-0.39, 0.29) is 11.1 Å². The highest BCUT2D eigenvalue weighted by Gasteiger charge is 2.29. The summed E-state index contributed by atoms with van der Waals surface area (Å²) in [6.07, 6.45) is 4.21. The number of hydrogen-bond donors (Lipinski definition) is 1. The fourth-order valence-corrected chi connectivity index (χ4v) is 5.96. The van der Waals surface area contributed by atoms with Crippen molar-refractivity contribution in [3.8, 4) is 0 Å². The largest absolute Gasteiger partial charge is 0.354 e. The first-order valence-corrected chi connectivity index (χ1v) is 13.6. The van der Waals surface area contributed by atoms with Crippen molar-refractivity contribution in [2.45, 2.75) is 25.8 Å². The number of imide groups is 1. The molecule has 1 aromatic rings. The predicted molar refractivity (Wildman–Crippen MR) is 140 cm³/mol. The Kier molecular flexibility index (Phi) is 7.56. The van der Waals surface area contributed by atoms with Crippen LogP contribution in [0.15, 0.2) is 11.0 Å². The summed E-state index contributed by atoms with van der Waals surface area (Å²) >= 11 is 0.927. The summed E-state index contributed by atoms with van der Waals surface area (Å²) in [6, 6.07) is 2.62. The SMILES string of the molecule is CCN1CCC(N2CCN(c3nc(/C=C4/SC(=O)NC4=O)cc(N4CCN(C)CC4)n3)CC2)CC1. The molecule has 5 heterocycles. The molecule has 4 saturated heterocycles. The van der Waals surface area contributed by atoms with Crippen molar-refractivity contribution in [2.75, 3.05) is 88.8 Å².